The molecule has 2 aliphatic rings. The van der Waals surface area contributed by atoms with Crippen LogP contribution in [0.2, 0.25) is 0 Å². The molecule has 0 amide bonds. The van der Waals surface area contributed by atoms with E-state index in [4.69, 9.17) is 9.47 Å². The molecule has 0 aromatic carbocycles. The van der Waals surface area contributed by atoms with E-state index in [9.17, 15) is 0 Å². The summed E-state index contributed by atoms with van der Waals surface area (Å²) in [5, 5.41) is 0. The Morgan fingerprint density at radius 3 is 2.40 bits per heavy atom. The van der Waals surface area contributed by atoms with Gasteiger partial charge in [0.1, 0.15) is 0 Å². The van der Waals surface area contributed by atoms with Gasteiger partial charge in [-0.1, -0.05) is 39.0 Å². The maximum Gasteiger partial charge on any atom is 0.163 e. The van der Waals surface area contributed by atoms with Crippen molar-refractivity contribution in [2.24, 2.45) is 5.92 Å². The highest BCUT2D eigenvalue weighted by atomic mass is 16.7. The van der Waals surface area contributed by atoms with Gasteiger partial charge >= 0.3 is 0 Å². The molecule has 20 heavy (non-hydrogen) atoms. The van der Waals surface area contributed by atoms with Gasteiger partial charge in [-0.05, 0) is 32.6 Å². The van der Waals surface area contributed by atoms with E-state index in [-0.39, 0.29) is 12.2 Å². The first-order valence-corrected chi connectivity index (χ1v) is 8.42. The van der Waals surface area contributed by atoms with Crippen molar-refractivity contribution < 1.29 is 9.47 Å². The van der Waals surface area contributed by atoms with Gasteiger partial charge < -0.3 is 9.47 Å². The number of hydrogen-bond donors (Lipinski definition) is 0. The third-order valence-corrected chi connectivity index (χ3v) is 4.38. The van der Waals surface area contributed by atoms with E-state index in [1.807, 2.05) is 13.8 Å². The minimum Gasteiger partial charge on any atom is -0.345 e. The third-order valence-electron chi connectivity index (χ3n) is 4.38. The zero-order valence-corrected chi connectivity index (χ0v) is 13.4. The lowest BCUT2D eigenvalue weighted by molar-refractivity contribution is -0.147. The Hall–Kier alpha value is -0.520. The van der Waals surface area contributed by atoms with Gasteiger partial charge in [-0.15, -0.1) is 11.8 Å². The summed E-state index contributed by atoms with van der Waals surface area (Å²) >= 11 is 0. The SMILES string of the molecule is CCCC#CCC1OC(C)(C)O[C@@H]1CC1CCCCC1. The summed E-state index contributed by atoms with van der Waals surface area (Å²) in [5.74, 6) is 6.90. The monoisotopic (exact) mass is 278 g/mol. The van der Waals surface area contributed by atoms with E-state index in [0.29, 0.717) is 0 Å². The van der Waals surface area contributed by atoms with Crippen molar-refractivity contribution >= 4 is 0 Å². The van der Waals surface area contributed by atoms with Crippen LogP contribution in [0.4, 0.5) is 0 Å². The third kappa shape index (κ3) is 4.79. The Labute approximate surface area is 124 Å². The number of rotatable bonds is 4. The van der Waals surface area contributed by atoms with E-state index in [2.05, 4.69) is 18.8 Å². The first-order valence-electron chi connectivity index (χ1n) is 8.42. The highest BCUT2D eigenvalue weighted by molar-refractivity contribution is 5.02. The van der Waals surface area contributed by atoms with Crippen LogP contribution < -0.4 is 0 Å². The fourth-order valence-corrected chi connectivity index (χ4v) is 3.42. The van der Waals surface area contributed by atoms with Crippen molar-refractivity contribution in [2.75, 3.05) is 0 Å². The van der Waals surface area contributed by atoms with Crippen molar-refractivity contribution in [3.8, 4) is 11.8 Å². The van der Waals surface area contributed by atoms with Gasteiger partial charge in [0.05, 0.1) is 12.2 Å². The van der Waals surface area contributed by atoms with Crippen LogP contribution in [0.3, 0.4) is 0 Å². The molecule has 0 N–H and O–H groups in total. The van der Waals surface area contributed by atoms with Crippen LogP contribution in [0.15, 0.2) is 0 Å². The molecular weight excluding hydrogens is 248 g/mol. The summed E-state index contributed by atoms with van der Waals surface area (Å²) in [4.78, 5) is 0. The van der Waals surface area contributed by atoms with E-state index in [0.717, 1.165) is 31.6 Å². The van der Waals surface area contributed by atoms with Gasteiger partial charge in [0.15, 0.2) is 5.79 Å². The second kappa shape index (κ2) is 7.48. The van der Waals surface area contributed by atoms with E-state index in [1.54, 1.807) is 0 Å². The Bertz CT molecular complexity index is 344. The highest BCUT2D eigenvalue weighted by Crippen LogP contribution is 2.36. The van der Waals surface area contributed by atoms with Crippen LogP contribution in [-0.4, -0.2) is 18.0 Å². The van der Waals surface area contributed by atoms with Gasteiger partial charge in [0.2, 0.25) is 0 Å². The fourth-order valence-electron chi connectivity index (χ4n) is 3.42. The lowest BCUT2D eigenvalue weighted by Crippen LogP contribution is -2.26. The van der Waals surface area contributed by atoms with Crippen LogP contribution >= 0.6 is 0 Å². The van der Waals surface area contributed by atoms with Gasteiger partial charge in [-0.25, -0.2) is 0 Å². The minimum atomic E-state index is -0.434. The van der Waals surface area contributed by atoms with Crippen LogP contribution in [-0.2, 0) is 9.47 Å². The minimum absolute atomic E-state index is 0.163. The highest BCUT2D eigenvalue weighted by Gasteiger charge is 2.41. The van der Waals surface area contributed by atoms with Crippen LogP contribution in [0.25, 0.3) is 0 Å². The summed E-state index contributed by atoms with van der Waals surface area (Å²) in [7, 11) is 0. The molecule has 1 aliphatic heterocycles. The van der Waals surface area contributed by atoms with Crippen molar-refractivity contribution in [1.82, 2.24) is 0 Å². The first kappa shape index (κ1) is 15.9. The van der Waals surface area contributed by atoms with Crippen LogP contribution in [0, 0.1) is 17.8 Å². The van der Waals surface area contributed by atoms with Gasteiger partial charge in [-0.3, -0.25) is 0 Å². The van der Waals surface area contributed by atoms with Crippen molar-refractivity contribution in [1.29, 1.82) is 0 Å². The average molecular weight is 278 g/mol. The van der Waals surface area contributed by atoms with E-state index in [1.165, 1.54) is 32.1 Å². The van der Waals surface area contributed by atoms with Gasteiger partial charge in [0, 0.05) is 12.8 Å². The summed E-state index contributed by atoms with van der Waals surface area (Å²) < 4.78 is 12.2. The Kier molecular flexibility index (Phi) is 5.93. The molecular formula is C18H30O2. The van der Waals surface area contributed by atoms with E-state index >= 15 is 0 Å². The number of ether oxygens (including phenoxy) is 2. The first-order chi connectivity index (χ1) is 9.61. The Morgan fingerprint density at radius 2 is 1.70 bits per heavy atom. The van der Waals surface area contributed by atoms with Crippen LogP contribution in [0.5, 0.6) is 0 Å². The molecule has 1 heterocycles. The predicted molar refractivity (Wildman–Crippen MR) is 82.3 cm³/mol. The number of unbranched alkanes of at least 4 members (excludes halogenated alkanes) is 1. The summed E-state index contributed by atoms with van der Waals surface area (Å²) in [6.45, 7) is 6.22. The summed E-state index contributed by atoms with van der Waals surface area (Å²) in [6.07, 6.45) is 11.4. The standard InChI is InChI=1S/C18H30O2/c1-4-5-6-10-13-16-17(20-18(2,3)19-16)14-15-11-8-7-9-12-15/h15-17H,4-5,7-9,11-14H2,1-3H3/t16?,17-/m1/s1. The molecule has 0 aromatic heterocycles. The zero-order valence-electron chi connectivity index (χ0n) is 13.4. The van der Waals surface area contributed by atoms with Crippen molar-refractivity contribution in [3.63, 3.8) is 0 Å². The summed E-state index contributed by atoms with van der Waals surface area (Å²) in [5.41, 5.74) is 0. The largest absolute Gasteiger partial charge is 0.345 e. The molecule has 0 spiro atoms. The molecule has 2 nitrogen and oxygen atoms in total. The molecule has 2 rings (SSSR count). The molecule has 0 aromatic rings. The van der Waals surface area contributed by atoms with Crippen LogP contribution in [0.1, 0.15) is 78.6 Å². The molecule has 0 radical (unpaired) electrons. The average Bonchev–Trinajstić information content (AvgIpc) is 2.70. The Morgan fingerprint density at radius 1 is 1.00 bits per heavy atom. The normalized spacial score (nSPS) is 29.9. The fraction of sp³-hybridized carbons (Fsp3) is 0.889. The molecule has 2 fully saturated rings. The molecule has 1 aliphatic carbocycles. The molecule has 1 saturated heterocycles. The van der Waals surface area contributed by atoms with Crippen molar-refractivity contribution in [3.05, 3.63) is 0 Å². The second-order valence-corrected chi connectivity index (χ2v) is 6.76. The quantitative estimate of drug-likeness (QED) is 0.696. The van der Waals surface area contributed by atoms with Crippen molar-refractivity contribution in [2.45, 2.75) is 96.6 Å². The Balaban J connectivity index is 1.88. The lowest BCUT2D eigenvalue weighted by atomic mass is 9.84. The molecule has 1 unspecified atom stereocenters. The predicted octanol–water partition coefficient (Wildman–Crippen LogP) is 4.67. The topological polar surface area (TPSA) is 18.5 Å². The molecule has 2 atom stereocenters. The molecule has 2 heteroatoms. The molecule has 0 bridgehead atoms. The smallest absolute Gasteiger partial charge is 0.163 e. The maximum atomic E-state index is 6.13. The molecule has 1 saturated carbocycles. The molecule has 114 valence electrons. The summed E-state index contributed by atoms with van der Waals surface area (Å²) in [6, 6.07) is 0. The van der Waals surface area contributed by atoms with Gasteiger partial charge in [0.25, 0.3) is 0 Å². The maximum absolute atomic E-state index is 6.13. The second-order valence-electron chi connectivity index (χ2n) is 6.76. The van der Waals surface area contributed by atoms with Gasteiger partial charge in [-0.2, -0.15) is 0 Å². The lowest BCUT2D eigenvalue weighted by Gasteiger charge is -2.25. The zero-order chi connectivity index (χ0) is 14.4. The number of hydrogen-bond acceptors (Lipinski definition) is 2. The van der Waals surface area contributed by atoms with E-state index < -0.39 is 5.79 Å².